The number of rotatable bonds is 5. The van der Waals surface area contributed by atoms with Crippen LogP contribution in [0.1, 0.15) is 40.2 Å². The molecule has 0 radical (unpaired) electrons. The number of benzene rings is 1. The fourth-order valence-corrected chi connectivity index (χ4v) is 2.98. The predicted molar refractivity (Wildman–Crippen MR) is 97.9 cm³/mol. The van der Waals surface area contributed by atoms with Crippen molar-refractivity contribution in [1.82, 2.24) is 25.0 Å². The maximum Gasteiger partial charge on any atom is 0.416 e. The van der Waals surface area contributed by atoms with Gasteiger partial charge in [0.15, 0.2) is 0 Å². The Morgan fingerprint density at radius 2 is 2.03 bits per heavy atom. The Balaban J connectivity index is 1.49. The molecule has 1 aliphatic rings. The number of aliphatic hydroxyl groups excluding tert-OH is 1. The molecule has 4 rings (SSSR count). The minimum atomic E-state index is -4.45. The zero-order valence-corrected chi connectivity index (χ0v) is 15.4. The summed E-state index contributed by atoms with van der Waals surface area (Å²) in [5.41, 5.74) is -0.319. The van der Waals surface area contributed by atoms with Gasteiger partial charge in [0.1, 0.15) is 17.6 Å². The van der Waals surface area contributed by atoms with Gasteiger partial charge in [-0.05, 0) is 18.6 Å². The largest absolute Gasteiger partial charge is 0.416 e. The van der Waals surface area contributed by atoms with E-state index in [0.29, 0.717) is 12.0 Å². The third-order valence-electron chi connectivity index (χ3n) is 4.54. The van der Waals surface area contributed by atoms with E-state index in [9.17, 15) is 23.1 Å². The number of carbonyl (C=O) groups excluding carboxylic acids is 1. The maximum atomic E-state index is 12.7. The van der Waals surface area contributed by atoms with E-state index in [4.69, 9.17) is 4.52 Å². The summed E-state index contributed by atoms with van der Waals surface area (Å²) in [6.45, 7) is -0.520. The number of alkyl halides is 3. The zero-order chi connectivity index (χ0) is 21.3. The van der Waals surface area contributed by atoms with Gasteiger partial charge >= 0.3 is 6.18 Å². The summed E-state index contributed by atoms with van der Waals surface area (Å²) >= 11 is 0. The van der Waals surface area contributed by atoms with E-state index in [0.717, 1.165) is 24.4 Å². The number of halogens is 3. The number of imidazole rings is 1. The number of nitrogens with one attached hydrogen (secondary N) is 1. The van der Waals surface area contributed by atoms with Gasteiger partial charge in [0, 0.05) is 24.4 Å². The number of nitrogens with zero attached hydrogens (tertiary/aromatic N) is 4. The molecule has 0 saturated heterocycles. The Kier molecular flexibility index (Phi) is 5.12. The van der Waals surface area contributed by atoms with Gasteiger partial charge < -0.3 is 19.5 Å². The molecule has 0 bridgehead atoms. The van der Waals surface area contributed by atoms with Gasteiger partial charge in [-0.15, -0.1) is 0 Å². The monoisotopic (exact) mass is 419 g/mol. The average Bonchev–Trinajstić information content (AvgIpc) is 3.38. The van der Waals surface area contributed by atoms with Gasteiger partial charge in [-0.2, -0.15) is 18.2 Å². The summed E-state index contributed by atoms with van der Waals surface area (Å²) < 4.78 is 44.9. The van der Waals surface area contributed by atoms with E-state index in [1.54, 1.807) is 10.8 Å². The molecule has 0 aliphatic carbocycles. The van der Waals surface area contributed by atoms with Crippen molar-refractivity contribution in [1.29, 1.82) is 0 Å². The SMILES string of the molecule is O=C(N[C@@H](CO)c1nc(-c2ccc(C(F)(F)F)cc2)no1)c1cn2c(n1)CCC=C2. The van der Waals surface area contributed by atoms with Crippen molar-refractivity contribution in [3.8, 4) is 11.4 Å². The van der Waals surface area contributed by atoms with E-state index in [2.05, 4.69) is 20.4 Å². The summed E-state index contributed by atoms with van der Waals surface area (Å²) in [7, 11) is 0. The highest BCUT2D eigenvalue weighted by Gasteiger charge is 2.30. The van der Waals surface area contributed by atoms with Crippen molar-refractivity contribution in [3.05, 3.63) is 59.5 Å². The molecule has 3 aromatic rings. The smallest absolute Gasteiger partial charge is 0.394 e. The molecule has 0 saturated carbocycles. The lowest BCUT2D eigenvalue weighted by Crippen LogP contribution is -2.31. The fourth-order valence-electron chi connectivity index (χ4n) is 2.98. The van der Waals surface area contributed by atoms with Gasteiger partial charge in [0.05, 0.1) is 12.2 Å². The third kappa shape index (κ3) is 3.96. The highest BCUT2D eigenvalue weighted by molar-refractivity contribution is 5.92. The minimum Gasteiger partial charge on any atom is -0.394 e. The van der Waals surface area contributed by atoms with Crippen LogP contribution in [-0.2, 0) is 12.6 Å². The highest BCUT2D eigenvalue weighted by atomic mass is 19.4. The van der Waals surface area contributed by atoms with E-state index in [1.165, 1.54) is 12.1 Å². The summed E-state index contributed by atoms with van der Waals surface area (Å²) in [5.74, 6) is 0.183. The number of fused-ring (bicyclic) bond motifs is 1. The number of aryl methyl sites for hydroxylation is 1. The molecule has 2 N–H and O–H groups in total. The van der Waals surface area contributed by atoms with Gasteiger partial charge in [0.25, 0.3) is 11.8 Å². The van der Waals surface area contributed by atoms with Gasteiger partial charge in [-0.1, -0.05) is 23.4 Å². The van der Waals surface area contributed by atoms with Crippen LogP contribution in [-0.4, -0.2) is 37.3 Å². The first-order valence-corrected chi connectivity index (χ1v) is 9.02. The fraction of sp³-hybridized carbons (Fsp3) is 0.263. The van der Waals surface area contributed by atoms with Gasteiger partial charge in [-0.3, -0.25) is 4.79 Å². The van der Waals surface area contributed by atoms with Crippen LogP contribution in [0, 0.1) is 0 Å². The van der Waals surface area contributed by atoms with Crippen LogP contribution in [0.4, 0.5) is 13.2 Å². The van der Waals surface area contributed by atoms with Crippen LogP contribution in [0.25, 0.3) is 17.6 Å². The van der Waals surface area contributed by atoms with E-state index < -0.39 is 30.3 Å². The van der Waals surface area contributed by atoms with Crippen LogP contribution in [0.2, 0.25) is 0 Å². The van der Waals surface area contributed by atoms with Crippen LogP contribution >= 0.6 is 0 Å². The molecular weight excluding hydrogens is 403 g/mol. The molecule has 1 atom stereocenters. The van der Waals surface area contributed by atoms with Crippen LogP contribution in [0.5, 0.6) is 0 Å². The number of aromatic nitrogens is 4. The molecule has 0 unspecified atom stereocenters. The minimum absolute atomic E-state index is 0.0361. The molecule has 0 fully saturated rings. The normalized spacial score (nSPS) is 14.4. The number of carbonyl (C=O) groups is 1. The van der Waals surface area contributed by atoms with Crippen molar-refractivity contribution in [2.45, 2.75) is 25.1 Å². The second-order valence-electron chi connectivity index (χ2n) is 6.61. The zero-order valence-electron chi connectivity index (χ0n) is 15.4. The average molecular weight is 419 g/mol. The molecule has 1 aliphatic heterocycles. The second kappa shape index (κ2) is 7.75. The van der Waals surface area contributed by atoms with Crippen molar-refractivity contribution in [3.63, 3.8) is 0 Å². The number of aliphatic hydroxyl groups is 1. The lowest BCUT2D eigenvalue weighted by molar-refractivity contribution is -0.137. The summed E-state index contributed by atoms with van der Waals surface area (Å²) in [4.78, 5) is 20.9. The molecule has 30 heavy (non-hydrogen) atoms. The quantitative estimate of drug-likeness (QED) is 0.659. The molecule has 1 amide bonds. The van der Waals surface area contributed by atoms with Crippen LogP contribution in [0.15, 0.2) is 41.1 Å². The second-order valence-corrected chi connectivity index (χ2v) is 6.61. The molecular formula is C19H16F3N5O3. The van der Waals surface area contributed by atoms with E-state index in [-0.39, 0.29) is 17.4 Å². The summed E-state index contributed by atoms with van der Waals surface area (Å²) in [5, 5.41) is 15.9. The van der Waals surface area contributed by atoms with Crippen molar-refractivity contribution in [2.24, 2.45) is 0 Å². The Morgan fingerprint density at radius 1 is 1.27 bits per heavy atom. The number of hydrogen-bond donors (Lipinski definition) is 2. The first-order chi connectivity index (χ1) is 14.3. The van der Waals surface area contributed by atoms with Crippen molar-refractivity contribution < 1.29 is 27.6 Å². The highest BCUT2D eigenvalue weighted by Crippen LogP contribution is 2.30. The van der Waals surface area contributed by atoms with E-state index in [1.807, 2.05) is 12.3 Å². The maximum absolute atomic E-state index is 12.7. The topological polar surface area (TPSA) is 106 Å². The van der Waals surface area contributed by atoms with Gasteiger partial charge in [0.2, 0.25) is 5.82 Å². The molecule has 0 spiro atoms. The van der Waals surface area contributed by atoms with Crippen LogP contribution < -0.4 is 5.32 Å². The lowest BCUT2D eigenvalue weighted by atomic mass is 10.1. The molecule has 11 heteroatoms. The first kappa shape index (κ1) is 19.8. The van der Waals surface area contributed by atoms with Crippen molar-refractivity contribution in [2.75, 3.05) is 6.61 Å². The first-order valence-electron chi connectivity index (χ1n) is 9.02. The third-order valence-corrected chi connectivity index (χ3v) is 4.54. The molecule has 1 aromatic carbocycles. The lowest BCUT2D eigenvalue weighted by Gasteiger charge is -2.10. The predicted octanol–water partition coefficient (Wildman–Crippen LogP) is 2.83. The standard InChI is InChI=1S/C19H16F3N5O3/c20-19(21,22)12-6-4-11(5-7-12)16-25-18(30-26-16)14(10-28)24-17(29)13-9-27-8-2-1-3-15(27)23-13/h2,4-9,14,28H,1,3,10H2,(H,24,29)/t14-/m0/s1. The number of amides is 1. The molecule has 8 nitrogen and oxygen atoms in total. The van der Waals surface area contributed by atoms with Gasteiger partial charge in [-0.25, -0.2) is 4.98 Å². The molecule has 2 aromatic heterocycles. The molecule has 3 heterocycles. The Morgan fingerprint density at radius 3 is 2.70 bits per heavy atom. The number of hydrogen-bond acceptors (Lipinski definition) is 6. The van der Waals surface area contributed by atoms with Crippen LogP contribution in [0.3, 0.4) is 0 Å². The Hall–Kier alpha value is -3.47. The molecule has 156 valence electrons. The Labute approximate surface area is 168 Å². The Bertz CT molecular complexity index is 1090. The number of allylic oxidation sites excluding steroid dienone is 1. The van der Waals surface area contributed by atoms with Crippen molar-refractivity contribution >= 4 is 12.1 Å². The summed E-state index contributed by atoms with van der Waals surface area (Å²) in [6.07, 6.45) is 2.47. The summed E-state index contributed by atoms with van der Waals surface area (Å²) in [6, 6.07) is 3.25. The van der Waals surface area contributed by atoms with E-state index >= 15 is 0 Å².